The molecule has 0 aromatic heterocycles. The molecule has 5 unspecified atom stereocenters. The Morgan fingerprint density at radius 2 is 0.453 bits per heavy atom. The molecule has 0 rings (SSSR count). The second-order valence-electron chi connectivity index (χ2n) is 32.1. The first-order valence-corrected chi connectivity index (χ1v) is 50.8. The van der Waals surface area contributed by atoms with E-state index in [0.717, 1.165) is 128 Å². The number of esters is 3. The van der Waals surface area contributed by atoms with Crippen LogP contribution in [0.3, 0.4) is 0 Å². The molecule has 0 radical (unpaired) electrons. The van der Waals surface area contributed by atoms with Crippen LogP contribution in [0.4, 0.5) is 0 Å². The van der Waals surface area contributed by atoms with E-state index in [9.17, 15) is 43.5 Å². The summed E-state index contributed by atoms with van der Waals surface area (Å²) in [5.41, 5.74) is 0. The average molecular weight is 1680 g/mol. The van der Waals surface area contributed by atoms with Crippen molar-refractivity contribution in [2.75, 3.05) is 39.6 Å². The molecule has 0 aliphatic heterocycles. The number of aliphatic hydroxyl groups is 2. The number of hydrogen-bond donors (Lipinski definition) is 4. The molecule has 0 bridgehead atoms. The molecule has 0 aromatic carbocycles. The number of carbonyl (C=O) groups excluding carboxylic acids is 3. The predicted molar refractivity (Wildman–Crippen MR) is 491 cm³/mol. The smallest absolute Gasteiger partial charge is 0.463 e. The van der Waals surface area contributed by atoms with Crippen LogP contribution in [0.5, 0.6) is 0 Å². The number of phosphoric acid groups is 2. The third-order valence-electron chi connectivity index (χ3n) is 20.6. The van der Waals surface area contributed by atoms with E-state index in [2.05, 4.69) is 142 Å². The summed E-state index contributed by atoms with van der Waals surface area (Å²) in [6.07, 6.45) is 113. The van der Waals surface area contributed by atoms with Gasteiger partial charge in [0, 0.05) is 19.3 Å². The van der Waals surface area contributed by atoms with E-state index in [-0.39, 0.29) is 19.3 Å². The summed E-state index contributed by atoms with van der Waals surface area (Å²) in [6.45, 7) is 2.60. The number of ether oxygens (including phenoxy) is 3. The molecule has 0 amide bonds. The molecule has 0 saturated carbocycles. The van der Waals surface area contributed by atoms with Crippen LogP contribution in [-0.2, 0) is 55.8 Å². The molecule has 117 heavy (non-hydrogen) atoms. The van der Waals surface area contributed by atoms with Crippen LogP contribution in [0.15, 0.2) is 122 Å². The van der Waals surface area contributed by atoms with Crippen LogP contribution in [0.25, 0.3) is 0 Å². The highest BCUT2D eigenvalue weighted by atomic mass is 31.2. The normalized spacial score (nSPS) is 14.3. The van der Waals surface area contributed by atoms with Crippen molar-refractivity contribution < 1.29 is 75.8 Å². The third kappa shape index (κ3) is 92.5. The number of allylic oxidation sites excluding steroid dienone is 20. The van der Waals surface area contributed by atoms with Crippen molar-refractivity contribution in [3.05, 3.63) is 122 Å². The lowest BCUT2D eigenvalue weighted by Gasteiger charge is -2.21. The average Bonchev–Trinajstić information content (AvgIpc) is 0.874. The number of unbranched alkanes of at least 4 members (excludes halogenated alkanes) is 48. The molecule has 16 nitrogen and oxygen atoms in total. The predicted octanol–water partition coefficient (Wildman–Crippen LogP) is 29.6. The van der Waals surface area contributed by atoms with Crippen molar-refractivity contribution in [3.63, 3.8) is 0 Å². The quantitative estimate of drug-likeness (QED) is 0.0146. The van der Waals surface area contributed by atoms with E-state index < -0.39 is 91.5 Å². The lowest BCUT2D eigenvalue weighted by molar-refractivity contribution is -0.161. The van der Waals surface area contributed by atoms with E-state index >= 15 is 0 Å². The zero-order valence-electron chi connectivity index (χ0n) is 74.9. The van der Waals surface area contributed by atoms with Gasteiger partial charge in [-0.3, -0.25) is 32.5 Å². The highest BCUT2D eigenvalue weighted by Gasteiger charge is 2.30. The Balaban J connectivity index is 4.42. The van der Waals surface area contributed by atoms with E-state index in [1.165, 1.54) is 244 Å². The first-order valence-electron chi connectivity index (χ1n) is 47.8. The van der Waals surface area contributed by atoms with E-state index in [4.69, 9.17) is 32.3 Å². The zero-order chi connectivity index (χ0) is 85.1. The van der Waals surface area contributed by atoms with Gasteiger partial charge in [0.05, 0.1) is 26.4 Å². The highest BCUT2D eigenvalue weighted by Crippen LogP contribution is 2.45. The second-order valence-corrected chi connectivity index (χ2v) is 35.0. The highest BCUT2D eigenvalue weighted by molar-refractivity contribution is 7.47. The minimum absolute atomic E-state index is 0.0971. The summed E-state index contributed by atoms with van der Waals surface area (Å²) in [5.74, 6) is -1.56. The fraction of sp³-hybridized carbons (Fsp3) is 0.768. The van der Waals surface area contributed by atoms with Crippen molar-refractivity contribution in [2.45, 2.75) is 450 Å². The lowest BCUT2D eigenvalue weighted by atomic mass is 10.0. The maximum absolute atomic E-state index is 13.0. The lowest BCUT2D eigenvalue weighted by Crippen LogP contribution is -2.30. The largest absolute Gasteiger partial charge is 0.472 e. The molecule has 0 saturated heterocycles. The summed E-state index contributed by atoms with van der Waals surface area (Å²) in [7, 11) is -9.80. The van der Waals surface area contributed by atoms with Crippen molar-refractivity contribution in [1.82, 2.24) is 0 Å². The van der Waals surface area contributed by atoms with Crippen LogP contribution in [0.2, 0.25) is 0 Å². The number of phosphoric ester groups is 2. The van der Waals surface area contributed by atoms with Gasteiger partial charge >= 0.3 is 33.6 Å². The van der Waals surface area contributed by atoms with Crippen LogP contribution in [0.1, 0.15) is 432 Å². The number of hydrogen-bond acceptors (Lipinski definition) is 14. The molecule has 678 valence electrons. The number of aliphatic hydroxyl groups excluding tert-OH is 2. The topological polar surface area (TPSA) is 231 Å². The first-order chi connectivity index (χ1) is 57.2. The fourth-order valence-electron chi connectivity index (χ4n) is 13.4. The summed E-state index contributed by atoms with van der Waals surface area (Å²) < 4.78 is 61.5. The van der Waals surface area contributed by atoms with Gasteiger partial charge in [0.1, 0.15) is 25.4 Å². The van der Waals surface area contributed by atoms with Gasteiger partial charge in [0.25, 0.3) is 0 Å². The van der Waals surface area contributed by atoms with E-state index in [1.807, 2.05) is 0 Å². The van der Waals surface area contributed by atoms with Gasteiger partial charge in [0.2, 0.25) is 0 Å². The molecule has 0 aliphatic rings. The monoisotopic (exact) mass is 1680 g/mol. The van der Waals surface area contributed by atoms with E-state index in [1.54, 1.807) is 0 Å². The van der Waals surface area contributed by atoms with Crippen LogP contribution in [0, 0.1) is 0 Å². The molecule has 0 fully saturated rings. The standard InChI is InChI=1S/C99H176O16P2/c1-4-7-10-13-16-19-22-25-28-30-32-34-36-38-40-42-44-46-48-50-52-54-56-58-60-62-65-67-70-73-76-79-82-85-97(102)109-88-94(100)89-111-116(105,106)112-90-95(101)91-113-117(107,108)114-93-96(115-99(104)87-84-81-78-75-72-69-64-27-24-21-18-15-12-9-6-3)92-110-98(103)86-83-80-77-74-71-68-66-63-61-59-57-55-53-51-49-47-45-43-41-39-37-35-33-31-29-26-23-20-17-14-11-8-5-2/h7,10,16-17,19-20,25-29,32-35,38-41,64,94-96,100-101H,4-6,8-9,11-15,18,21-24,30-31,36-37,42-63,65-93H2,1-3H3,(H,105,106)(H,107,108)/b10-7-,19-16-,20-17-,28-25-,29-26-,34-32-,35-33-,40-38-,41-39-,64-27-. The maximum atomic E-state index is 13.0. The molecular weight excluding hydrogens is 1510 g/mol. The number of rotatable bonds is 91. The van der Waals surface area contributed by atoms with Gasteiger partial charge in [-0.15, -0.1) is 0 Å². The maximum Gasteiger partial charge on any atom is 0.472 e. The van der Waals surface area contributed by atoms with Crippen LogP contribution < -0.4 is 0 Å². The van der Waals surface area contributed by atoms with Gasteiger partial charge in [-0.1, -0.05) is 399 Å². The zero-order valence-corrected chi connectivity index (χ0v) is 76.6. The van der Waals surface area contributed by atoms with Crippen LogP contribution in [-0.4, -0.2) is 95.9 Å². The van der Waals surface area contributed by atoms with E-state index in [0.29, 0.717) is 19.3 Å². The SMILES string of the molecule is CC/C=C\C/C=C\C/C=C\C/C=C\C/C=C\CCCCCCCCCCCCCCCCCCCC(=O)OCC(O)COP(=O)(O)OCC(O)COP(=O)(O)OCC(COC(=O)CCCCCCCCCCCCCCCCCCC/C=C\C/C=C\C/C=C\C/C=C\CCCCC)OC(=O)CCCCCCC/C=C\CCCCCCCC. The summed E-state index contributed by atoms with van der Waals surface area (Å²) >= 11 is 0. The van der Waals surface area contributed by atoms with Gasteiger partial charge in [-0.25, -0.2) is 9.13 Å². The van der Waals surface area contributed by atoms with Crippen molar-refractivity contribution in [3.8, 4) is 0 Å². The Hall–Kier alpha value is -4.05. The molecule has 0 heterocycles. The summed E-state index contributed by atoms with van der Waals surface area (Å²) in [5, 5.41) is 20.7. The van der Waals surface area contributed by atoms with Gasteiger partial charge in [-0.2, -0.15) is 0 Å². The first kappa shape index (κ1) is 113. The molecule has 5 atom stereocenters. The van der Waals surface area contributed by atoms with Crippen molar-refractivity contribution in [1.29, 1.82) is 0 Å². The summed E-state index contributed by atoms with van der Waals surface area (Å²) in [4.78, 5) is 58.9. The Morgan fingerprint density at radius 3 is 0.744 bits per heavy atom. The molecule has 0 aliphatic carbocycles. The Labute approximate surface area is 716 Å². The third-order valence-corrected chi connectivity index (χ3v) is 22.5. The molecule has 0 aromatic rings. The van der Waals surface area contributed by atoms with Gasteiger partial charge < -0.3 is 34.2 Å². The molecule has 18 heteroatoms. The Kier molecular flexibility index (Phi) is 88.0. The Morgan fingerprint density at radius 1 is 0.248 bits per heavy atom. The van der Waals surface area contributed by atoms with Gasteiger partial charge in [-0.05, 0) is 135 Å². The fourth-order valence-corrected chi connectivity index (χ4v) is 15.0. The minimum Gasteiger partial charge on any atom is -0.463 e. The minimum atomic E-state index is -4.94. The second kappa shape index (κ2) is 91.2. The van der Waals surface area contributed by atoms with Crippen LogP contribution >= 0.6 is 15.6 Å². The summed E-state index contributed by atoms with van der Waals surface area (Å²) in [6, 6.07) is 0. The Bertz CT molecular complexity index is 2610. The van der Waals surface area contributed by atoms with Crippen molar-refractivity contribution in [2.24, 2.45) is 0 Å². The molecular formula is C99H176O16P2. The molecule has 0 spiro atoms. The van der Waals surface area contributed by atoms with Crippen molar-refractivity contribution >= 4 is 33.6 Å². The number of carbonyl (C=O) groups is 3. The molecule has 4 N–H and O–H groups in total. The van der Waals surface area contributed by atoms with Gasteiger partial charge in [0.15, 0.2) is 6.10 Å².